The highest BCUT2D eigenvalue weighted by molar-refractivity contribution is 6.03. The van der Waals surface area contributed by atoms with E-state index in [0.717, 1.165) is 11.3 Å². The molecule has 5 nitrogen and oxygen atoms in total. The molecule has 4 rings (SSSR count). The maximum atomic E-state index is 12.8. The first-order chi connectivity index (χ1) is 13.2. The average Bonchev–Trinajstić information content (AvgIpc) is 3.37. The lowest BCUT2D eigenvalue weighted by molar-refractivity contribution is -0.135. The molecule has 0 fully saturated rings. The second-order valence-electron chi connectivity index (χ2n) is 6.49. The maximum Gasteiger partial charge on any atom is 0.281 e. The SMILES string of the molecule is Cc1ccc(C2=NN(C(=O)COc3ccccc3)[C@H](c3ccco3)C2)cc1. The Labute approximate surface area is 157 Å². The van der Waals surface area contributed by atoms with E-state index in [9.17, 15) is 4.79 Å². The third kappa shape index (κ3) is 3.77. The highest BCUT2D eigenvalue weighted by atomic mass is 16.5. The number of aryl methyl sites for hydroxylation is 1. The lowest BCUT2D eigenvalue weighted by Crippen LogP contribution is -2.31. The minimum atomic E-state index is -0.261. The van der Waals surface area contributed by atoms with Crippen LogP contribution in [-0.2, 0) is 4.79 Å². The summed E-state index contributed by atoms with van der Waals surface area (Å²) >= 11 is 0. The summed E-state index contributed by atoms with van der Waals surface area (Å²) in [6.07, 6.45) is 2.22. The molecule has 0 radical (unpaired) electrons. The summed E-state index contributed by atoms with van der Waals surface area (Å²) in [5.74, 6) is 1.17. The molecular formula is C22H20N2O3. The number of carbonyl (C=O) groups is 1. The van der Waals surface area contributed by atoms with Crippen LogP contribution in [-0.4, -0.2) is 23.2 Å². The summed E-state index contributed by atoms with van der Waals surface area (Å²) in [6, 6.07) is 20.9. The zero-order valence-corrected chi connectivity index (χ0v) is 15.0. The fourth-order valence-electron chi connectivity index (χ4n) is 3.09. The van der Waals surface area contributed by atoms with E-state index < -0.39 is 0 Å². The van der Waals surface area contributed by atoms with Crippen LogP contribution in [0.25, 0.3) is 0 Å². The number of carbonyl (C=O) groups excluding carboxylic acids is 1. The number of hydrogen-bond acceptors (Lipinski definition) is 4. The van der Waals surface area contributed by atoms with Crippen molar-refractivity contribution in [1.82, 2.24) is 5.01 Å². The molecule has 1 aliphatic rings. The van der Waals surface area contributed by atoms with Gasteiger partial charge < -0.3 is 9.15 Å². The Kier molecular flexibility index (Phi) is 4.75. The minimum Gasteiger partial charge on any atom is -0.484 e. The predicted octanol–water partition coefficient (Wildman–Crippen LogP) is 4.34. The van der Waals surface area contributed by atoms with Crippen molar-refractivity contribution in [3.8, 4) is 5.75 Å². The molecule has 1 aliphatic heterocycles. The van der Waals surface area contributed by atoms with Gasteiger partial charge in [-0.1, -0.05) is 48.0 Å². The fraction of sp³-hybridized carbons (Fsp3) is 0.182. The van der Waals surface area contributed by atoms with E-state index in [1.54, 1.807) is 6.26 Å². The van der Waals surface area contributed by atoms with Crippen LogP contribution in [0.3, 0.4) is 0 Å². The summed E-state index contributed by atoms with van der Waals surface area (Å²) in [5, 5.41) is 6.08. The number of hydrazone groups is 1. The van der Waals surface area contributed by atoms with E-state index in [1.165, 1.54) is 10.6 Å². The number of nitrogens with zero attached hydrogens (tertiary/aromatic N) is 2. The highest BCUT2D eigenvalue weighted by Crippen LogP contribution is 2.33. The Morgan fingerprint density at radius 1 is 1.11 bits per heavy atom. The summed E-state index contributed by atoms with van der Waals surface area (Å²) in [4.78, 5) is 12.8. The largest absolute Gasteiger partial charge is 0.484 e. The Morgan fingerprint density at radius 3 is 2.59 bits per heavy atom. The van der Waals surface area contributed by atoms with Gasteiger partial charge in [0.05, 0.1) is 12.0 Å². The van der Waals surface area contributed by atoms with E-state index in [1.807, 2.05) is 73.7 Å². The number of benzene rings is 2. The predicted molar refractivity (Wildman–Crippen MR) is 103 cm³/mol. The van der Waals surface area contributed by atoms with Crippen LogP contribution in [0.1, 0.15) is 29.3 Å². The van der Waals surface area contributed by atoms with Crippen molar-refractivity contribution in [3.63, 3.8) is 0 Å². The van der Waals surface area contributed by atoms with Crippen molar-refractivity contribution in [2.75, 3.05) is 6.61 Å². The molecule has 1 aromatic heterocycles. The summed E-state index contributed by atoms with van der Waals surface area (Å²) in [7, 11) is 0. The second kappa shape index (κ2) is 7.50. The van der Waals surface area contributed by atoms with Gasteiger partial charge in [0.25, 0.3) is 5.91 Å². The molecule has 0 saturated carbocycles. The van der Waals surface area contributed by atoms with E-state index in [2.05, 4.69) is 5.10 Å². The van der Waals surface area contributed by atoms with Crippen molar-refractivity contribution in [2.45, 2.75) is 19.4 Å². The lowest BCUT2D eigenvalue weighted by atomic mass is 10.0. The molecule has 5 heteroatoms. The van der Waals surface area contributed by atoms with Gasteiger partial charge in [0.15, 0.2) is 6.61 Å². The lowest BCUT2D eigenvalue weighted by Gasteiger charge is -2.19. The van der Waals surface area contributed by atoms with Gasteiger partial charge in [0, 0.05) is 6.42 Å². The molecule has 3 aromatic rings. The number of hydrogen-bond donors (Lipinski definition) is 0. The molecule has 0 N–H and O–H groups in total. The number of amides is 1. The number of para-hydroxylation sites is 1. The number of furan rings is 1. The van der Waals surface area contributed by atoms with Crippen LogP contribution in [0, 0.1) is 6.92 Å². The molecule has 1 atom stereocenters. The second-order valence-corrected chi connectivity index (χ2v) is 6.49. The van der Waals surface area contributed by atoms with Crippen LogP contribution in [0.4, 0.5) is 0 Å². The van der Waals surface area contributed by atoms with Gasteiger partial charge in [-0.25, -0.2) is 5.01 Å². The normalized spacial score (nSPS) is 16.3. The zero-order valence-electron chi connectivity index (χ0n) is 15.0. The Hall–Kier alpha value is -3.34. The van der Waals surface area contributed by atoms with Crippen molar-refractivity contribution >= 4 is 11.6 Å². The van der Waals surface area contributed by atoms with Gasteiger partial charge in [-0.2, -0.15) is 5.10 Å². The molecule has 1 amide bonds. The third-order valence-electron chi connectivity index (χ3n) is 4.53. The molecule has 0 unspecified atom stereocenters. The van der Waals surface area contributed by atoms with Crippen LogP contribution in [0.15, 0.2) is 82.5 Å². The zero-order chi connectivity index (χ0) is 18.6. The van der Waals surface area contributed by atoms with Crippen LogP contribution in [0.2, 0.25) is 0 Å². The van der Waals surface area contributed by atoms with E-state index in [4.69, 9.17) is 9.15 Å². The fourth-order valence-corrected chi connectivity index (χ4v) is 3.09. The average molecular weight is 360 g/mol. The Morgan fingerprint density at radius 2 is 1.89 bits per heavy atom. The first kappa shape index (κ1) is 17.1. The van der Waals surface area contributed by atoms with E-state index in [-0.39, 0.29) is 18.6 Å². The molecule has 27 heavy (non-hydrogen) atoms. The summed E-state index contributed by atoms with van der Waals surface area (Å²) in [6.45, 7) is 1.97. The molecule has 136 valence electrons. The van der Waals surface area contributed by atoms with Crippen molar-refractivity contribution in [1.29, 1.82) is 0 Å². The molecule has 2 heterocycles. The molecule has 0 aliphatic carbocycles. The van der Waals surface area contributed by atoms with Crippen LogP contribution < -0.4 is 4.74 Å². The Bertz CT molecular complexity index is 931. The van der Waals surface area contributed by atoms with Gasteiger partial charge in [-0.3, -0.25) is 4.79 Å². The van der Waals surface area contributed by atoms with Crippen molar-refractivity contribution in [3.05, 3.63) is 89.9 Å². The van der Waals surface area contributed by atoms with Crippen molar-refractivity contribution < 1.29 is 13.9 Å². The van der Waals surface area contributed by atoms with Crippen molar-refractivity contribution in [2.24, 2.45) is 5.10 Å². The Balaban J connectivity index is 1.55. The standard InChI is InChI=1S/C22H20N2O3/c1-16-9-11-17(12-10-16)19-14-20(21-8-5-13-26-21)24(23-19)22(25)15-27-18-6-3-2-4-7-18/h2-13,20H,14-15H2,1H3/t20-/m0/s1. The molecule has 2 aromatic carbocycles. The van der Waals surface area contributed by atoms with Gasteiger partial charge in [0.1, 0.15) is 17.6 Å². The highest BCUT2D eigenvalue weighted by Gasteiger charge is 2.35. The maximum absolute atomic E-state index is 12.8. The number of rotatable bonds is 5. The van der Waals surface area contributed by atoms with Gasteiger partial charge in [0.2, 0.25) is 0 Å². The van der Waals surface area contributed by atoms with Gasteiger partial charge in [-0.15, -0.1) is 0 Å². The topological polar surface area (TPSA) is 55.0 Å². The number of ether oxygens (including phenoxy) is 1. The van der Waals surface area contributed by atoms with E-state index >= 15 is 0 Å². The van der Waals surface area contributed by atoms with Gasteiger partial charge >= 0.3 is 0 Å². The summed E-state index contributed by atoms with van der Waals surface area (Å²) in [5.41, 5.74) is 3.06. The summed E-state index contributed by atoms with van der Waals surface area (Å²) < 4.78 is 11.2. The molecule has 0 saturated heterocycles. The quantitative estimate of drug-likeness (QED) is 0.680. The molecule has 0 spiro atoms. The first-order valence-corrected chi connectivity index (χ1v) is 8.88. The minimum absolute atomic E-state index is 0.0775. The van der Waals surface area contributed by atoms with E-state index in [0.29, 0.717) is 17.9 Å². The molecular weight excluding hydrogens is 340 g/mol. The first-order valence-electron chi connectivity index (χ1n) is 8.88. The molecule has 0 bridgehead atoms. The van der Waals surface area contributed by atoms with Crippen LogP contribution >= 0.6 is 0 Å². The monoisotopic (exact) mass is 360 g/mol. The third-order valence-corrected chi connectivity index (χ3v) is 4.53. The van der Waals surface area contributed by atoms with Gasteiger partial charge in [-0.05, 0) is 36.8 Å². The smallest absolute Gasteiger partial charge is 0.281 e. The van der Waals surface area contributed by atoms with Crippen LogP contribution in [0.5, 0.6) is 5.75 Å².